The second-order valence-corrected chi connectivity index (χ2v) is 9.59. The molecule has 0 bridgehead atoms. The Balaban J connectivity index is 1.95. The van der Waals surface area contributed by atoms with Gasteiger partial charge in [-0.25, -0.2) is 14.6 Å². The van der Waals surface area contributed by atoms with Crippen molar-refractivity contribution >= 4 is 51.7 Å². The number of aromatic nitrogens is 2. The Labute approximate surface area is 206 Å². The van der Waals surface area contributed by atoms with Crippen molar-refractivity contribution in [2.45, 2.75) is 40.2 Å². The van der Waals surface area contributed by atoms with Crippen molar-refractivity contribution in [2.24, 2.45) is 0 Å². The molecule has 34 heavy (non-hydrogen) atoms. The van der Waals surface area contributed by atoms with Crippen molar-refractivity contribution in [3.63, 3.8) is 0 Å². The zero-order valence-electron chi connectivity index (χ0n) is 19.4. The maximum atomic E-state index is 12.8. The first-order valence-corrected chi connectivity index (χ1v) is 11.6. The number of hydrogen-bond acceptors (Lipinski definition) is 7. The lowest BCUT2D eigenvalue weighted by molar-refractivity contribution is -0.114. The van der Waals surface area contributed by atoms with E-state index in [0.717, 1.165) is 10.4 Å². The third-order valence-corrected chi connectivity index (χ3v) is 5.50. The van der Waals surface area contributed by atoms with Gasteiger partial charge in [-0.15, -0.1) is 0 Å². The van der Waals surface area contributed by atoms with E-state index in [9.17, 15) is 14.4 Å². The minimum Gasteiger partial charge on any atom is -0.461 e. The van der Waals surface area contributed by atoms with Crippen LogP contribution in [-0.2, 0) is 14.3 Å². The van der Waals surface area contributed by atoms with Gasteiger partial charge >= 0.3 is 12.1 Å². The molecular weight excluding hydrogens is 480 g/mol. The van der Waals surface area contributed by atoms with Gasteiger partial charge in [-0.3, -0.25) is 14.7 Å². The van der Waals surface area contributed by atoms with E-state index in [0.29, 0.717) is 10.8 Å². The predicted octanol–water partition coefficient (Wildman–Crippen LogP) is 5.74. The number of carbonyl (C=O) groups is 3. The third kappa shape index (κ3) is 6.15. The molecular formula is C23H25ClN4O5S. The number of amides is 2. The van der Waals surface area contributed by atoms with E-state index in [1.807, 2.05) is 12.1 Å². The molecule has 1 aromatic carbocycles. The van der Waals surface area contributed by atoms with Gasteiger partial charge in [-0.2, -0.15) is 0 Å². The molecule has 180 valence electrons. The summed E-state index contributed by atoms with van der Waals surface area (Å²) in [6.07, 6.45) is 0.947. The topological polar surface area (TPSA) is 112 Å². The first-order chi connectivity index (χ1) is 16.0. The molecule has 2 aromatic heterocycles. The minimum absolute atomic E-state index is 0.0659. The summed E-state index contributed by atoms with van der Waals surface area (Å²) in [6.45, 7) is 8.47. The van der Waals surface area contributed by atoms with Gasteiger partial charge in [0, 0.05) is 24.9 Å². The van der Waals surface area contributed by atoms with Gasteiger partial charge in [0.2, 0.25) is 5.91 Å². The van der Waals surface area contributed by atoms with Crippen LogP contribution in [0.25, 0.3) is 16.1 Å². The number of esters is 1. The van der Waals surface area contributed by atoms with Gasteiger partial charge in [0.05, 0.1) is 17.2 Å². The molecule has 0 spiro atoms. The van der Waals surface area contributed by atoms with Gasteiger partial charge in [0.15, 0.2) is 10.8 Å². The lowest BCUT2D eigenvalue weighted by Crippen LogP contribution is -2.27. The Hall–Kier alpha value is -3.37. The molecule has 3 rings (SSSR count). The second-order valence-electron chi connectivity index (χ2n) is 8.17. The Bertz CT molecular complexity index is 1210. The monoisotopic (exact) mass is 504 g/mol. The summed E-state index contributed by atoms with van der Waals surface area (Å²) in [5, 5.41) is 5.94. The first-order valence-electron chi connectivity index (χ1n) is 10.4. The number of benzene rings is 1. The predicted molar refractivity (Wildman–Crippen MR) is 132 cm³/mol. The molecule has 3 aromatic rings. The summed E-state index contributed by atoms with van der Waals surface area (Å²) in [5.41, 5.74) is 0.972. The highest BCUT2D eigenvalue weighted by Gasteiger charge is 2.26. The molecule has 2 N–H and O–H groups in total. The Morgan fingerprint density at radius 3 is 2.41 bits per heavy atom. The molecule has 0 unspecified atom stereocenters. The van der Waals surface area contributed by atoms with Crippen LogP contribution in [0.5, 0.6) is 0 Å². The highest BCUT2D eigenvalue weighted by atomic mass is 35.5. The molecule has 11 heteroatoms. The van der Waals surface area contributed by atoms with Crippen molar-refractivity contribution in [1.29, 1.82) is 0 Å². The number of ether oxygens (including phenoxy) is 2. The molecule has 9 nitrogen and oxygen atoms in total. The smallest absolute Gasteiger partial charge is 0.412 e. The van der Waals surface area contributed by atoms with Gasteiger partial charge in [-0.1, -0.05) is 35.1 Å². The highest BCUT2D eigenvalue weighted by molar-refractivity contribution is 7.19. The first kappa shape index (κ1) is 25.3. The number of halogens is 1. The van der Waals surface area contributed by atoms with Crippen LogP contribution in [0.1, 0.15) is 45.1 Å². The zero-order chi connectivity index (χ0) is 25.0. The summed E-state index contributed by atoms with van der Waals surface area (Å²) in [7, 11) is 0. The standard InChI is InChI=1S/C23H25ClN4O5S/c1-6-32-20(30)19-16(27-22(31)33-23(3,4)5)11-18(24)28(19)15-9-7-14(8-10-15)17-12-25-21(34-17)26-13(2)29/h7-12H,6H2,1-5H3,(H,27,31)(H,25,26,29). The third-order valence-electron chi connectivity index (χ3n) is 4.26. The Morgan fingerprint density at radius 1 is 1.15 bits per heavy atom. The summed E-state index contributed by atoms with van der Waals surface area (Å²) in [6, 6.07) is 8.70. The Kier molecular flexibility index (Phi) is 7.63. The number of carbonyl (C=O) groups excluding carboxylic acids is 3. The average molecular weight is 505 g/mol. The molecule has 0 aliphatic heterocycles. The van der Waals surface area contributed by atoms with E-state index in [4.69, 9.17) is 21.1 Å². The lowest BCUT2D eigenvalue weighted by Gasteiger charge is -2.19. The largest absolute Gasteiger partial charge is 0.461 e. The molecule has 0 fully saturated rings. The van der Waals surface area contributed by atoms with Crippen LogP contribution in [-0.4, -0.2) is 39.7 Å². The average Bonchev–Trinajstić information content (AvgIpc) is 3.30. The van der Waals surface area contributed by atoms with E-state index in [1.165, 1.54) is 28.9 Å². The maximum absolute atomic E-state index is 12.8. The number of rotatable bonds is 6. The molecule has 0 saturated carbocycles. The highest BCUT2D eigenvalue weighted by Crippen LogP contribution is 2.33. The van der Waals surface area contributed by atoms with Crippen molar-refractivity contribution in [2.75, 3.05) is 17.2 Å². The summed E-state index contributed by atoms with van der Waals surface area (Å²) in [4.78, 5) is 41.4. The maximum Gasteiger partial charge on any atom is 0.412 e. The number of thiazole rings is 1. The normalized spacial score (nSPS) is 11.1. The molecule has 0 saturated heterocycles. The van der Waals surface area contributed by atoms with Gasteiger partial charge in [-0.05, 0) is 45.4 Å². The van der Waals surface area contributed by atoms with E-state index >= 15 is 0 Å². The molecule has 2 heterocycles. The van der Waals surface area contributed by atoms with Crippen LogP contribution in [0, 0.1) is 0 Å². The van der Waals surface area contributed by atoms with Crippen LogP contribution in [0.4, 0.5) is 15.6 Å². The molecule has 0 radical (unpaired) electrons. The SMILES string of the molecule is CCOC(=O)c1c(NC(=O)OC(C)(C)C)cc(Cl)n1-c1ccc(-c2cnc(NC(C)=O)s2)cc1. The number of hydrogen-bond donors (Lipinski definition) is 2. The van der Waals surface area contributed by atoms with Crippen molar-refractivity contribution < 1.29 is 23.9 Å². The number of nitrogens with zero attached hydrogens (tertiary/aromatic N) is 2. The van der Waals surface area contributed by atoms with Crippen LogP contribution < -0.4 is 10.6 Å². The Morgan fingerprint density at radius 2 is 1.82 bits per heavy atom. The van der Waals surface area contributed by atoms with E-state index < -0.39 is 17.7 Å². The molecule has 0 aliphatic carbocycles. The fourth-order valence-electron chi connectivity index (χ4n) is 3.03. The summed E-state index contributed by atoms with van der Waals surface area (Å²) >= 11 is 7.81. The van der Waals surface area contributed by atoms with Gasteiger partial charge in [0.25, 0.3) is 0 Å². The van der Waals surface area contributed by atoms with Gasteiger partial charge in [0.1, 0.15) is 10.8 Å². The van der Waals surface area contributed by atoms with Crippen LogP contribution in [0.3, 0.4) is 0 Å². The van der Waals surface area contributed by atoms with Gasteiger partial charge < -0.3 is 14.8 Å². The fraction of sp³-hybridized carbons (Fsp3) is 0.304. The quantitative estimate of drug-likeness (QED) is 0.414. The number of anilines is 2. The molecule has 0 atom stereocenters. The van der Waals surface area contributed by atoms with E-state index in [-0.39, 0.29) is 29.0 Å². The van der Waals surface area contributed by atoms with Crippen LogP contribution in [0.2, 0.25) is 5.15 Å². The fourth-order valence-corrected chi connectivity index (χ4v) is 4.19. The minimum atomic E-state index is -0.720. The number of nitrogens with one attached hydrogen (secondary N) is 2. The summed E-state index contributed by atoms with van der Waals surface area (Å²) < 4.78 is 12.0. The zero-order valence-corrected chi connectivity index (χ0v) is 21.0. The van der Waals surface area contributed by atoms with Crippen molar-refractivity contribution in [3.05, 3.63) is 47.4 Å². The van der Waals surface area contributed by atoms with E-state index in [1.54, 1.807) is 46.0 Å². The lowest BCUT2D eigenvalue weighted by atomic mass is 10.2. The molecule has 0 aliphatic rings. The van der Waals surface area contributed by atoms with Crippen LogP contribution >= 0.6 is 22.9 Å². The van der Waals surface area contributed by atoms with E-state index in [2.05, 4.69) is 15.6 Å². The molecule has 2 amide bonds. The summed E-state index contributed by atoms with van der Waals surface area (Å²) in [5.74, 6) is -0.840. The van der Waals surface area contributed by atoms with Crippen molar-refractivity contribution in [1.82, 2.24) is 9.55 Å². The van der Waals surface area contributed by atoms with Crippen LogP contribution in [0.15, 0.2) is 36.5 Å². The second kappa shape index (κ2) is 10.3. The van der Waals surface area contributed by atoms with Crippen molar-refractivity contribution in [3.8, 4) is 16.1 Å².